The van der Waals surface area contributed by atoms with Crippen LogP contribution in [0.15, 0.2) is 48.5 Å². The second kappa shape index (κ2) is 10.5. The van der Waals surface area contributed by atoms with Crippen molar-refractivity contribution in [2.24, 2.45) is 5.92 Å². The molecule has 0 spiro atoms. The molecule has 0 atom stereocenters. The van der Waals surface area contributed by atoms with Crippen LogP contribution in [0.25, 0.3) is 0 Å². The number of nitrogens with zero attached hydrogens (tertiary/aromatic N) is 3. The van der Waals surface area contributed by atoms with Crippen molar-refractivity contribution in [1.29, 1.82) is 0 Å². The Hall–Kier alpha value is -3.33. The highest BCUT2D eigenvalue weighted by Crippen LogP contribution is 2.25. The molecule has 7 nitrogen and oxygen atoms in total. The van der Waals surface area contributed by atoms with E-state index in [1.54, 1.807) is 48.2 Å². The minimum atomic E-state index is -0.280. The van der Waals surface area contributed by atoms with Crippen molar-refractivity contribution in [3.05, 3.63) is 71.3 Å². The van der Waals surface area contributed by atoms with Crippen LogP contribution >= 0.6 is 11.5 Å². The van der Waals surface area contributed by atoms with Gasteiger partial charge < -0.3 is 14.4 Å². The largest absolute Gasteiger partial charge is 0.466 e. The molecule has 1 amide bonds. The van der Waals surface area contributed by atoms with E-state index in [0.29, 0.717) is 61.3 Å². The average Bonchev–Trinajstić information content (AvgIpc) is 3.27. The van der Waals surface area contributed by atoms with Gasteiger partial charge in [0.25, 0.3) is 11.1 Å². The Morgan fingerprint density at radius 2 is 1.79 bits per heavy atom. The van der Waals surface area contributed by atoms with Gasteiger partial charge in [0.05, 0.1) is 12.5 Å². The van der Waals surface area contributed by atoms with E-state index in [1.807, 2.05) is 0 Å². The SMILES string of the molecule is CCOC(=O)C1CCN(C(=O)c2ccc(Oc3nc(Cc4ccc(F)cc4)ns3)cc2)CC1. The standard InChI is InChI=1S/C24H24FN3O4S/c1-2-31-23(30)18-11-13-28(14-12-18)22(29)17-5-9-20(10-6-17)32-24-26-21(27-33-24)15-16-3-7-19(25)8-4-16/h3-10,18H,2,11-15H2,1H3. The summed E-state index contributed by atoms with van der Waals surface area (Å²) in [4.78, 5) is 30.8. The van der Waals surface area contributed by atoms with Gasteiger partial charge in [0.2, 0.25) is 0 Å². The van der Waals surface area contributed by atoms with Gasteiger partial charge in [0.15, 0.2) is 5.82 Å². The molecule has 4 rings (SSSR count). The Labute approximate surface area is 195 Å². The number of carbonyl (C=O) groups is 2. The van der Waals surface area contributed by atoms with Crippen molar-refractivity contribution in [2.75, 3.05) is 19.7 Å². The van der Waals surface area contributed by atoms with E-state index in [1.165, 1.54) is 12.1 Å². The number of amides is 1. The van der Waals surface area contributed by atoms with E-state index in [2.05, 4.69) is 9.36 Å². The zero-order chi connectivity index (χ0) is 23.2. The normalized spacial score (nSPS) is 14.2. The third-order valence-electron chi connectivity index (χ3n) is 5.43. The fourth-order valence-corrected chi connectivity index (χ4v) is 4.23. The van der Waals surface area contributed by atoms with Gasteiger partial charge >= 0.3 is 5.97 Å². The van der Waals surface area contributed by atoms with Crippen molar-refractivity contribution in [3.8, 4) is 10.9 Å². The van der Waals surface area contributed by atoms with Crippen molar-refractivity contribution in [3.63, 3.8) is 0 Å². The summed E-state index contributed by atoms with van der Waals surface area (Å²) < 4.78 is 28.2. The van der Waals surface area contributed by atoms with Gasteiger partial charge in [-0.05, 0) is 61.7 Å². The molecular formula is C24H24FN3O4S. The first-order chi connectivity index (χ1) is 16.0. The van der Waals surface area contributed by atoms with E-state index in [4.69, 9.17) is 9.47 Å². The van der Waals surface area contributed by atoms with E-state index >= 15 is 0 Å². The average molecular weight is 470 g/mol. The monoisotopic (exact) mass is 469 g/mol. The van der Waals surface area contributed by atoms with Gasteiger partial charge in [-0.1, -0.05) is 12.1 Å². The molecule has 0 radical (unpaired) electrons. The maximum absolute atomic E-state index is 13.0. The second-order valence-electron chi connectivity index (χ2n) is 7.72. The fourth-order valence-electron chi connectivity index (χ4n) is 3.66. The zero-order valence-corrected chi connectivity index (χ0v) is 19.0. The molecule has 1 fully saturated rings. The fraction of sp³-hybridized carbons (Fsp3) is 0.333. The molecule has 0 bridgehead atoms. The summed E-state index contributed by atoms with van der Waals surface area (Å²) >= 11 is 1.14. The van der Waals surface area contributed by atoms with Crippen LogP contribution in [0.4, 0.5) is 4.39 Å². The minimum absolute atomic E-state index is 0.0682. The summed E-state index contributed by atoms with van der Waals surface area (Å²) in [6.07, 6.45) is 1.71. The lowest BCUT2D eigenvalue weighted by atomic mass is 9.96. The zero-order valence-electron chi connectivity index (χ0n) is 18.2. The number of rotatable bonds is 7. The number of hydrogen-bond acceptors (Lipinski definition) is 7. The lowest BCUT2D eigenvalue weighted by Crippen LogP contribution is -2.40. The van der Waals surface area contributed by atoms with Crippen LogP contribution in [0.1, 0.15) is 41.5 Å². The molecule has 1 aliphatic rings. The number of hydrogen-bond donors (Lipinski definition) is 0. The van der Waals surface area contributed by atoms with Gasteiger partial charge in [0, 0.05) is 36.6 Å². The summed E-state index contributed by atoms with van der Waals surface area (Å²) in [6.45, 7) is 3.23. The highest BCUT2D eigenvalue weighted by molar-refractivity contribution is 7.07. The lowest BCUT2D eigenvalue weighted by Gasteiger charge is -2.31. The highest BCUT2D eigenvalue weighted by Gasteiger charge is 2.28. The van der Waals surface area contributed by atoms with Crippen LogP contribution in [0.2, 0.25) is 0 Å². The molecule has 1 aliphatic heterocycles. The summed E-state index contributed by atoms with van der Waals surface area (Å²) in [5, 5.41) is 0.396. The third-order valence-corrected chi connectivity index (χ3v) is 6.07. The predicted molar refractivity (Wildman–Crippen MR) is 121 cm³/mol. The maximum Gasteiger partial charge on any atom is 0.309 e. The molecule has 2 aromatic carbocycles. The minimum Gasteiger partial charge on any atom is -0.466 e. The molecule has 172 valence electrons. The molecule has 3 aromatic rings. The molecule has 1 saturated heterocycles. The second-order valence-corrected chi connectivity index (χ2v) is 8.44. The first kappa shape index (κ1) is 22.8. The van der Waals surface area contributed by atoms with Crippen molar-refractivity contribution >= 4 is 23.4 Å². The predicted octanol–water partition coefficient (Wildman–Crippen LogP) is 4.48. The van der Waals surface area contributed by atoms with Gasteiger partial charge in [-0.3, -0.25) is 9.59 Å². The van der Waals surface area contributed by atoms with E-state index in [-0.39, 0.29) is 23.6 Å². The van der Waals surface area contributed by atoms with Crippen LogP contribution in [0, 0.1) is 11.7 Å². The van der Waals surface area contributed by atoms with Crippen molar-refractivity contribution in [1.82, 2.24) is 14.3 Å². The molecule has 0 unspecified atom stereocenters. The molecule has 0 N–H and O–H groups in total. The highest BCUT2D eigenvalue weighted by atomic mass is 32.1. The molecule has 9 heteroatoms. The van der Waals surface area contributed by atoms with Crippen molar-refractivity contribution in [2.45, 2.75) is 26.2 Å². The maximum atomic E-state index is 13.0. The smallest absolute Gasteiger partial charge is 0.309 e. The number of halogens is 1. The van der Waals surface area contributed by atoms with Crippen LogP contribution < -0.4 is 4.74 Å². The van der Waals surface area contributed by atoms with Crippen molar-refractivity contribution < 1.29 is 23.5 Å². The Morgan fingerprint density at radius 1 is 1.09 bits per heavy atom. The molecular weight excluding hydrogens is 445 g/mol. The van der Waals surface area contributed by atoms with Crippen LogP contribution in [-0.4, -0.2) is 45.8 Å². The van der Waals surface area contributed by atoms with Gasteiger partial charge in [-0.25, -0.2) is 4.39 Å². The third kappa shape index (κ3) is 5.92. The van der Waals surface area contributed by atoms with Gasteiger partial charge in [-0.2, -0.15) is 9.36 Å². The van der Waals surface area contributed by atoms with Gasteiger partial charge in [0.1, 0.15) is 11.6 Å². The van der Waals surface area contributed by atoms with Crippen LogP contribution in [0.3, 0.4) is 0 Å². The molecule has 0 saturated carbocycles. The number of piperidine rings is 1. The van der Waals surface area contributed by atoms with E-state index < -0.39 is 0 Å². The number of ether oxygens (including phenoxy) is 2. The molecule has 0 aliphatic carbocycles. The first-order valence-corrected chi connectivity index (χ1v) is 11.6. The number of carbonyl (C=O) groups excluding carboxylic acids is 2. The van der Waals surface area contributed by atoms with Crippen LogP contribution in [0.5, 0.6) is 10.9 Å². The number of likely N-dealkylation sites (tertiary alicyclic amines) is 1. The lowest BCUT2D eigenvalue weighted by molar-refractivity contribution is -0.149. The summed E-state index contributed by atoms with van der Waals surface area (Å²) in [5.41, 5.74) is 1.47. The number of benzene rings is 2. The topological polar surface area (TPSA) is 81.6 Å². The Bertz CT molecular complexity index is 1090. The first-order valence-electron chi connectivity index (χ1n) is 10.8. The quantitative estimate of drug-likeness (QED) is 0.475. The molecule has 33 heavy (non-hydrogen) atoms. The number of aromatic nitrogens is 2. The number of esters is 1. The Morgan fingerprint density at radius 3 is 2.45 bits per heavy atom. The molecule has 2 heterocycles. The van der Waals surface area contributed by atoms with E-state index in [0.717, 1.165) is 17.1 Å². The van der Waals surface area contributed by atoms with Crippen LogP contribution in [-0.2, 0) is 16.0 Å². The Kier molecular flexibility index (Phi) is 7.29. The summed E-state index contributed by atoms with van der Waals surface area (Å²) in [5.74, 6) is 0.489. The summed E-state index contributed by atoms with van der Waals surface area (Å²) in [6, 6.07) is 13.1. The molecule has 1 aromatic heterocycles. The van der Waals surface area contributed by atoms with Gasteiger partial charge in [-0.15, -0.1) is 0 Å². The Balaban J connectivity index is 1.30. The van der Waals surface area contributed by atoms with E-state index in [9.17, 15) is 14.0 Å². The summed E-state index contributed by atoms with van der Waals surface area (Å²) in [7, 11) is 0.